The average Bonchev–Trinajstić information content (AvgIpc) is 2.15. The molecule has 0 radical (unpaired) electrons. The van der Waals surface area contributed by atoms with Crippen LogP contribution in [0, 0.1) is 0 Å². The minimum absolute atomic E-state index is 0.0615. The van der Waals surface area contributed by atoms with Crippen molar-refractivity contribution in [2.75, 3.05) is 6.26 Å². The highest BCUT2D eigenvalue weighted by Gasteiger charge is 2.18. The molecule has 82 valence electrons. The number of nitrogens with zero attached hydrogens (tertiary/aromatic N) is 1. The van der Waals surface area contributed by atoms with Gasteiger partial charge in [-0.1, -0.05) is 13.8 Å². The molecule has 2 N–H and O–H groups in total. The highest BCUT2D eigenvalue weighted by Crippen LogP contribution is 2.17. The lowest BCUT2D eigenvalue weighted by molar-refractivity contribution is 0.0690. The SMILES string of the molecule is CSc1nc(C(C)C)[nH]c(=O)c1C(=O)O. The van der Waals surface area contributed by atoms with Crippen LogP contribution in [0.2, 0.25) is 0 Å². The fourth-order valence-electron chi connectivity index (χ4n) is 1.08. The molecule has 0 aromatic carbocycles. The first-order valence-corrected chi connectivity index (χ1v) is 5.61. The molecule has 0 atom stereocenters. The molecule has 1 aromatic heterocycles. The molecule has 0 amide bonds. The molecular weight excluding hydrogens is 216 g/mol. The first-order chi connectivity index (χ1) is 6.97. The molecule has 1 rings (SSSR count). The van der Waals surface area contributed by atoms with Gasteiger partial charge in [0.25, 0.3) is 5.56 Å². The van der Waals surface area contributed by atoms with E-state index in [-0.39, 0.29) is 16.5 Å². The van der Waals surface area contributed by atoms with Crippen molar-refractivity contribution in [2.45, 2.75) is 24.8 Å². The summed E-state index contributed by atoms with van der Waals surface area (Å²) in [6, 6.07) is 0. The summed E-state index contributed by atoms with van der Waals surface area (Å²) in [5, 5.41) is 9.09. The molecule has 0 saturated carbocycles. The van der Waals surface area contributed by atoms with E-state index in [9.17, 15) is 9.59 Å². The minimum atomic E-state index is -1.25. The third-order valence-corrected chi connectivity index (χ3v) is 2.54. The molecule has 0 spiro atoms. The Hall–Kier alpha value is -1.30. The summed E-state index contributed by atoms with van der Waals surface area (Å²) in [6.45, 7) is 3.76. The molecule has 6 heteroatoms. The molecule has 1 heterocycles. The number of nitrogens with one attached hydrogen (secondary N) is 1. The maximum Gasteiger partial charge on any atom is 0.344 e. The first kappa shape index (κ1) is 11.8. The number of H-pyrrole nitrogens is 1. The normalized spacial score (nSPS) is 10.7. The van der Waals surface area contributed by atoms with Crippen molar-refractivity contribution in [2.24, 2.45) is 0 Å². The molecule has 0 aliphatic heterocycles. The Bertz CT molecular complexity index is 439. The predicted molar refractivity (Wildman–Crippen MR) is 57.7 cm³/mol. The minimum Gasteiger partial charge on any atom is -0.477 e. The van der Waals surface area contributed by atoms with Crippen molar-refractivity contribution in [1.82, 2.24) is 9.97 Å². The van der Waals surface area contributed by atoms with E-state index in [0.29, 0.717) is 5.82 Å². The topological polar surface area (TPSA) is 83.0 Å². The van der Waals surface area contributed by atoms with Crippen molar-refractivity contribution in [3.63, 3.8) is 0 Å². The van der Waals surface area contributed by atoms with Gasteiger partial charge in [0, 0.05) is 5.92 Å². The Kier molecular flexibility index (Phi) is 3.52. The van der Waals surface area contributed by atoms with E-state index < -0.39 is 11.5 Å². The number of rotatable bonds is 3. The largest absolute Gasteiger partial charge is 0.477 e. The number of aromatic amines is 1. The average molecular weight is 228 g/mol. The van der Waals surface area contributed by atoms with E-state index in [0.717, 1.165) is 11.8 Å². The summed E-state index contributed by atoms with van der Waals surface area (Å²) in [5.41, 5.74) is -0.877. The molecule has 0 unspecified atom stereocenters. The van der Waals surface area contributed by atoms with Gasteiger partial charge in [-0.15, -0.1) is 11.8 Å². The number of carbonyl (C=O) groups is 1. The Morgan fingerprint density at radius 1 is 1.53 bits per heavy atom. The van der Waals surface area contributed by atoms with Gasteiger partial charge < -0.3 is 10.1 Å². The van der Waals surface area contributed by atoms with Crippen LogP contribution in [0.25, 0.3) is 0 Å². The van der Waals surface area contributed by atoms with Gasteiger partial charge in [-0.25, -0.2) is 9.78 Å². The number of carboxylic acids is 1. The number of aromatic nitrogens is 2. The maximum absolute atomic E-state index is 11.5. The van der Waals surface area contributed by atoms with Crippen LogP contribution >= 0.6 is 11.8 Å². The van der Waals surface area contributed by atoms with E-state index in [1.54, 1.807) is 6.26 Å². The quantitative estimate of drug-likeness (QED) is 0.602. The first-order valence-electron chi connectivity index (χ1n) is 4.38. The lowest BCUT2D eigenvalue weighted by Crippen LogP contribution is -2.22. The van der Waals surface area contributed by atoms with Gasteiger partial charge in [0.1, 0.15) is 10.9 Å². The van der Waals surface area contributed by atoms with Crippen molar-refractivity contribution < 1.29 is 9.90 Å². The zero-order chi connectivity index (χ0) is 11.6. The molecular formula is C9H12N2O3S. The molecule has 0 aliphatic carbocycles. The summed E-state index contributed by atoms with van der Waals surface area (Å²) < 4.78 is 0. The van der Waals surface area contributed by atoms with Gasteiger partial charge in [-0.2, -0.15) is 0 Å². The Balaban J connectivity index is 3.44. The molecule has 0 fully saturated rings. The highest BCUT2D eigenvalue weighted by atomic mass is 32.2. The second kappa shape index (κ2) is 4.48. The molecule has 0 bridgehead atoms. The molecule has 1 aromatic rings. The van der Waals surface area contributed by atoms with Crippen LogP contribution in [-0.4, -0.2) is 27.3 Å². The second-order valence-electron chi connectivity index (χ2n) is 3.30. The third-order valence-electron chi connectivity index (χ3n) is 1.86. The van der Waals surface area contributed by atoms with Crippen molar-refractivity contribution >= 4 is 17.7 Å². The van der Waals surface area contributed by atoms with E-state index in [2.05, 4.69) is 9.97 Å². The summed E-state index contributed by atoms with van der Waals surface area (Å²) in [6.07, 6.45) is 1.69. The van der Waals surface area contributed by atoms with Crippen LogP contribution in [0.3, 0.4) is 0 Å². The maximum atomic E-state index is 11.5. The Morgan fingerprint density at radius 2 is 2.13 bits per heavy atom. The number of thioether (sulfide) groups is 1. The predicted octanol–water partition coefficient (Wildman–Crippen LogP) is 1.31. The Morgan fingerprint density at radius 3 is 2.53 bits per heavy atom. The van der Waals surface area contributed by atoms with Gasteiger partial charge in [-0.05, 0) is 6.26 Å². The van der Waals surface area contributed by atoms with Gasteiger partial charge in [0.2, 0.25) is 0 Å². The van der Waals surface area contributed by atoms with E-state index in [1.807, 2.05) is 13.8 Å². The van der Waals surface area contributed by atoms with Crippen molar-refractivity contribution in [3.8, 4) is 0 Å². The van der Waals surface area contributed by atoms with Crippen LogP contribution < -0.4 is 5.56 Å². The van der Waals surface area contributed by atoms with Crippen LogP contribution in [0.4, 0.5) is 0 Å². The summed E-state index contributed by atoms with van der Waals surface area (Å²) in [7, 11) is 0. The zero-order valence-electron chi connectivity index (χ0n) is 8.70. The van der Waals surface area contributed by atoms with Gasteiger partial charge >= 0.3 is 5.97 Å². The second-order valence-corrected chi connectivity index (χ2v) is 4.09. The fourth-order valence-corrected chi connectivity index (χ4v) is 1.65. The molecule has 0 aliphatic rings. The highest BCUT2D eigenvalue weighted by molar-refractivity contribution is 7.98. The number of hydrogen-bond acceptors (Lipinski definition) is 4. The summed E-state index contributed by atoms with van der Waals surface area (Å²) >= 11 is 1.16. The van der Waals surface area contributed by atoms with Crippen LogP contribution in [0.15, 0.2) is 9.82 Å². The van der Waals surface area contributed by atoms with Gasteiger partial charge in [-0.3, -0.25) is 4.79 Å². The van der Waals surface area contributed by atoms with E-state index >= 15 is 0 Å². The van der Waals surface area contributed by atoms with Crippen LogP contribution in [0.1, 0.15) is 35.9 Å². The number of hydrogen-bond donors (Lipinski definition) is 2. The van der Waals surface area contributed by atoms with E-state index in [4.69, 9.17) is 5.11 Å². The lowest BCUT2D eigenvalue weighted by Gasteiger charge is -2.07. The molecule has 0 saturated heterocycles. The molecule has 15 heavy (non-hydrogen) atoms. The van der Waals surface area contributed by atoms with Crippen LogP contribution in [-0.2, 0) is 0 Å². The lowest BCUT2D eigenvalue weighted by atomic mass is 10.2. The van der Waals surface area contributed by atoms with Gasteiger partial charge in [0.05, 0.1) is 0 Å². The standard InChI is InChI=1S/C9H12N2O3S/c1-4(2)6-10-7(12)5(9(13)14)8(11-6)15-3/h4H,1-3H3,(H,13,14)(H,10,11,12). The number of carboxylic acid groups (broad SMARTS) is 1. The summed E-state index contributed by atoms with van der Waals surface area (Å²) in [5.74, 6) is -0.677. The fraction of sp³-hybridized carbons (Fsp3) is 0.444. The summed E-state index contributed by atoms with van der Waals surface area (Å²) in [4.78, 5) is 28.9. The van der Waals surface area contributed by atoms with Crippen LogP contribution in [0.5, 0.6) is 0 Å². The molecule has 5 nitrogen and oxygen atoms in total. The zero-order valence-corrected chi connectivity index (χ0v) is 9.51. The third kappa shape index (κ3) is 2.38. The van der Waals surface area contributed by atoms with Crippen molar-refractivity contribution in [3.05, 3.63) is 21.7 Å². The van der Waals surface area contributed by atoms with E-state index in [1.165, 1.54) is 0 Å². The van der Waals surface area contributed by atoms with Crippen molar-refractivity contribution in [1.29, 1.82) is 0 Å². The number of aromatic carboxylic acids is 1. The monoisotopic (exact) mass is 228 g/mol. The van der Waals surface area contributed by atoms with Gasteiger partial charge in [0.15, 0.2) is 5.56 Å². The smallest absolute Gasteiger partial charge is 0.344 e. The Labute approximate surface area is 90.9 Å².